The summed E-state index contributed by atoms with van der Waals surface area (Å²) >= 11 is 0. The summed E-state index contributed by atoms with van der Waals surface area (Å²) in [5.74, 6) is -95.2. The molecule has 0 aromatic rings. The molecular formula is C24H25F23O4. The number of halogens is 23. The van der Waals surface area contributed by atoms with Crippen LogP contribution in [-0.2, 0) is 9.59 Å². The fourth-order valence-electron chi connectivity index (χ4n) is 3.48. The van der Waals surface area contributed by atoms with Crippen LogP contribution in [0.4, 0.5) is 101 Å². The fraction of sp³-hybridized carbons (Fsp3) is 0.917. The molecule has 306 valence electrons. The van der Waals surface area contributed by atoms with Gasteiger partial charge in [-0.3, -0.25) is 4.79 Å². The van der Waals surface area contributed by atoms with E-state index in [1.54, 1.807) is 0 Å². The van der Waals surface area contributed by atoms with E-state index < -0.39 is 77.3 Å². The maximum atomic E-state index is 13.4. The minimum atomic E-state index is -9.50. The molecule has 0 amide bonds. The first-order chi connectivity index (χ1) is 22.2. The average Bonchev–Trinajstić information content (AvgIpc) is 2.94. The van der Waals surface area contributed by atoms with Crippen LogP contribution in [0.3, 0.4) is 0 Å². The first-order valence-corrected chi connectivity index (χ1v) is 13.5. The number of carbonyl (C=O) groups is 2. The lowest BCUT2D eigenvalue weighted by atomic mass is 9.85. The van der Waals surface area contributed by atoms with Crippen molar-refractivity contribution < 1.29 is 121 Å². The van der Waals surface area contributed by atoms with E-state index in [1.165, 1.54) is 44.9 Å². The fourth-order valence-corrected chi connectivity index (χ4v) is 3.48. The molecule has 51 heavy (non-hydrogen) atoms. The molecule has 0 unspecified atom stereocenters. The number of hydrogen-bond acceptors (Lipinski definition) is 2. The molecule has 0 saturated heterocycles. The minimum absolute atomic E-state index is 0.343. The Hall–Kier alpha value is -2.67. The number of alkyl halides is 23. The zero-order valence-electron chi connectivity index (χ0n) is 25.0. The van der Waals surface area contributed by atoms with Crippen molar-refractivity contribution in [2.24, 2.45) is 0 Å². The van der Waals surface area contributed by atoms with Crippen LogP contribution in [0.1, 0.15) is 71.1 Å². The largest absolute Gasteiger partial charge is 0.481 e. The highest BCUT2D eigenvalue weighted by molar-refractivity contribution is 5.77. The quantitative estimate of drug-likeness (QED) is 0.0948. The van der Waals surface area contributed by atoms with E-state index in [-0.39, 0.29) is 0 Å². The van der Waals surface area contributed by atoms with Crippen LogP contribution in [0.5, 0.6) is 0 Å². The van der Waals surface area contributed by atoms with Crippen LogP contribution in [0.25, 0.3) is 0 Å². The molecule has 0 heterocycles. The van der Waals surface area contributed by atoms with Gasteiger partial charge >= 0.3 is 77.3 Å². The van der Waals surface area contributed by atoms with Gasteiger partial charge < -0.3 is 10.2 Å². The van der Waals surface area contributed by atoms with Gasteiger partial charge in [0, 0.05) is 6.42 Å². The van der Waals surface area contributed by atoms with Crippen molar-refractivity contribution >= 4 is 11.9 Å². The Bertz CT molecular complexity index is 1150. The molecule has 0 aromatic heterocycles. The van der Waals surface area contributed by atoms with Crippen molar-refractivity contribution in [1.29, 1.82) is 0 Å². The molecule has 0 aromatic carbocycles. The highest BCUT2D eigenvalue weighted by Gasteiger charge is 2.99. The van der Waals surface area contributed by atoms with Crippen LogP contribution in [0, 0.1) is 0 Å². The smallest absolute Gasteiger partial charge is 0.460 e. The van der Waals surface area contributed by atoms with E-state index in [2.05, 4.69) is 6.92 Å². The van der Waals surface area contributed by atoms with Gasteiger partial charge in [0.15, 0.2) is 0 Å². The molecule has 0 radical (unpaired) electrons. The lowest BCUT2D eigenvalue weighted by molar-refractivity contribution is -0.477. The van der Waals surface area contributed by atoms with Crippen molar-refractivity contribution in [3.63, 3.8) is 0 Å². The van der Waals surface area contributed by atoms with E-state index in [4.69, 9.17) is 10.2 Å². The molecule has 0 aliphatic carbocycles. The third kappa shape index (κ3) is 8.93. The predicted octanol–water partition coefficient (Wildman–Crippen LogP) is 11.0. The van der Waals surface area contributed by atoms with E-state index in [0.29, 0.717) is 6.42 Å². The highest BCUT2D eigenvalue weighted by atomic mass is 19.4. The average molecular weight is 814 g/mol. The normalized spacial score (nSPS) is 15.0. The summed E-state index contributed by atoms with van der Waals surface area (Å²) in [6.07, 6.45) is 3.35. The molecular weight excluding hydrogens is 789 g/mol. The van der Waals surface area contributed by atoms with Crippen molar-refractivity contribution in [3.8, 4) is 0 Å². The summed E-state index contributed by atoms with van der Waals surface area (Å²) in [5, 5.41) is 16.0. The van der Waals surface area contributed by atoms with Crippen LogP contribution < -0.4 is 0 Å². The van der Waals surface area contributed by atoms with Gasteiger partial charge in [-0.15, -0.1) is 0 Å². The maximum absolute atomic E-state index is 13.4. The minimum Gasteiger partial charge on any atom is -0.481 e. The van der Waals surface area contributed by atoms with Gasteiger partial charge in [0.1, 0.15) is 0 Å². The molecule has 2 N–H and O–H groups in total. The Morgan fingerprint density at radius 2 is 0.608 bits per heavy atom. The Morgan fingerprint density at radius 3 is 0.843 bits per heavy atom. The Kier molecular flexibility index (Phi) is 16.0. The second-order valence-corrected chi connectivity index (χ2v) is 10.5. The third-order valence-electron chi connectivity index (χ3n) is 6.67. The van der Waals surface area contributed by atoms with Crippen LogP contribution in [0.2, 0.25) is 0 Å². The lowest BCUT2D eigenvalue weighted by Crippen LogP contribution is -2.78. The third-order valence-corrected chi connectivity index (χ3v) is 6.67. The van der Waals surface area contributed by atoms with E-state index in [9.17, 15) is 111 Å². The van der Waals surface area contributed by atoms with Gasteiger partial charge in [0.2, 0.25) is 0 Å². The van der Waals surface area contributed by atoms with Crippen molar-refractivity contribution in [3.05, 3.63) is 0 Å². The summed E-state index contributed by atoms with van der Waals surface area (Å²) in [7, 11) is 0. The maximum Gasteiger partial charge on any atom is 0.460 e. The van der Waals surface area contributed by atoms with Crippen molar-refractivity contribution in [2.45, 2.75) is 137 Å². The van der Waals surface area contributed by atoms with Crippen molar-refractivity contribution in [1.82, 2.24) is 0 Å². The number of carboxylic acid groups (broad SMARTS) is 2. The Labute approximate surface area is 270 Å². The van der Waals surface area contributed by atoms with Crippen LogP contribution >= 0.6 is 0 Å². The Morgan fingerprint density at radius 1 is 0.373 bits per heavy atom. The molecule has 0 rings (SSSR count). The molecule has 0 bridgehead atoms. The Balaban J connectivity index is 0. The monoisotopic (exact) mass is 814 g/mol. The summed E-state index contributed by atoms with van der Waals surface area (Å²) in [5.41, 5.74) is 0. The highest BCUT2D eigenvalue weighted by Crippen LogP contribution is 2.67. The molecule has 0 saturated carbocycles. The SMILES string of the molecule is CCCCCCCCCCCC(=O)O.O=C(O)C(F)(F)C(F)(F)C(F)(F)C(F)(F)C(F)(F)C(F)(F)C(F)(F)C(F)(F)C(F)(F)C(F)(F)C(F)(F)F. The zero-order valence-corrected chi connectivity index (χ0v) is 25.0. The molecule has 4 nitrogen and oxygen atoms in total. The number of hydrogen-bond donors (Lipinski definition) is 2. The molecule has 0 aliphatic rings. The van der Waals surface area contributed by atoms with E-state index in [0.717, 1.165) is 12.8 Å². The molecule has 0 atom stereocenters. The van der Waals surface area contributed by atoms with Gasteiger partial charge in [-0.05, 0) is 6.42 Å². The van der Waals surface area contributed by atoms with Gasteiger partial charge in [-0.2, -0.15) is 101 Å². The van der Waals surface area contributed by atoms with E-state index in [1.807, 2.05) is 0 Å². The number of carboxylic acids is 2. The molecule has 0 fully saturated rings. The van der Waals surface area contributed by atoms with Gasteiger partial charge in [0.05, 0.1) is 0 Å². The number of rotatable bonds is 20. The second-order valence-electron chi connectivity index (χ2n) is 10.5. The van der Waals surface area contributed by atoms with E-state index >= 15 is 0 Å². The molecule has 0 spiro atoms. The first kappa shape index (κ1) is 50.4. The summed E-state index contributed by atoms with van der Waals surface area (Å²) in [6, 6.07) is 0. The summed E-state index contributed by atoms with van der Waals surface area (Å²) in [6.45, 7) is 2.23. The summed E-state index contributed by atoms with van der Waals surface area (Å²) in [4.78, 5) is 20.1. The van der Waals surface area contributed by atoms with Crippen LogP contribution in [0.15, 0.2) is 0 Å². The predicted molar refractivity (Wildman–Crippen MR) is 123 cm³/mol. The zero-order chi connectivity index (χ0) is 41.7. The van der Waals surface area contributed by atoms with Crippen LogP contribution in [-0.4, -0.2) is 87.6 Å². The van der Waals surface area contributed by atoms with Gasteiger partial charge in [-0.25, -0.2) is 4.79 Å². The second kappa shape index (κ2) is 16.1. The number of unbranched alkanes of at least 4 members (excludes halogenated alkanes) is 8. The van der Waals surface area contributed by atoms with Gasteiger partial charge in [0.25, 0.3) is 0 Å². The first-order valence-electron chi connectivity index (χ1n) is 13.5. The van der Waals surface area contributed by atoms with Crippen molar-refractivity contribution in [2.75, 3.05) is 0 Å². The lowest BCUT2D eigenvalue weighted by Gasteiger charge is -2.44. The molecule has 0 aliphatic heterocycles. The topological polar surface area (TPSA) is 74.6 Å². The van der Waals surface area contributed by atoms with Gasteiger partial charge in [-0.1, -0.05) is 58.3 Å². The molecule has 27 heteroatoms. The summed E-state index contributed by atoms with van der Waals surface area (Å²) < 4.78 is 298. The number of aliphatic carboxylic acids is 2. The standard InChI is InChI=1S/C12HF23O2.C12H24O2/c13-2(14,1(36)37)3(15,16)4(17,18)5(19,20)6(21,22)7(23,24)8(25,26)9(27,28)10(29,30)11(31,32)12(33,34)35;1-2-3-4-5-6-7-8-9-10-11-12(13)14/h(H,36,37);2-11H2,1H3,(H,13,14).